The molecule has 3 aliphatic heterocycles. The summed E-state index contributed by atoms with van der Waals surface area (Å²) in [6.07, 6.45) is -0.612. The molecule has 4 heterocycles. The number of piperazine rings is 1. The van der Waals surface area contributed by atoms with E-state index in [1.807, 2.05) is 12.1 Å². The number of carbonyl (C=O) groups excluding carboxylic acids is 1. The summed E-state index contributed by atoms with van der Waals surface area (Å²) in [5.41, 5.74) is 2.80. The Balaban J connectivity index is 0.00000384. The molecule has 1 amide bonds. The van der Waals surface area contributed by atoms with E-state index in [1.165, 1.54) is 16.9 Å². The van der Waals surface area contributed by atoms with E-state index in [0.717, 1.165) is 45.1 Å². The number of nitrogens with zero attached hydrogens (tertiary/aromatic N) is 7. The number of carbonyl (C=O) groups is 1. The van der Waals surface area contributed by atoms with Crippen LogP contribution in [0.1, 0.15) is 19.4 Å². The molecule has 2 aromatic carbocycles. The molecule has 0 bridgehead atoms. The Kier molecular flexibility index (Phi) is 9.84. The Bertz CT molecular complexity index is 1470. The monoisotopic (exact) mass is 604 g/mol. The van der Waals surface area contributed by atoms with E-state index < -0.39 is 24.8 Å². The fraction of sp³-hybridized carbons (Fsp3) is 0.452. The minimum absolute atomic E-state index is 0. The van der Waals surface area contributed by atoms with E-state index in [4.69, 9.17) is 14.6 Å². The normalized spacial score (nSPS) is 20.7. The first-order valence-electron chi connectivity index (χ1n) is 14.4. The number of nitrogens with one attached hydrogen (secondary N) is 1. The third-order valence-corrected chi connectivity index (χ3v) is 8.12. The van der Waals surface area contributed by atoms with E-state index >= 15 is 0 Å². The highest BCUT2D eigenvalue weighted by Gasteiger charge is 2.33. The quantitative estimate of drug-likeness (QED) is 0.392. The van der Waals surface area contributed by atoms with Crippen molar-refractivity contribution < 1.29 is 23.8 Å². The van der Waals surface area contributed by atoms with Gasteiger partial charge in [-0.05, 0) is 42.5 Å². The molecular weight excluding hydrogens is 567 g/mol. The highest BCUT2D eigenvalue weighted by molar-refractivity contribution is 5.77. The van der Waals surface area contributed by atoms with E-state index in [9.17, 15) is 14.4 Å². The van der Waals surface area contributed by atoms with E-state index in [2.05, 4.69) is 48.3 Å². The molecule has 0 aliphatic carbocycles. The lowest BCUT2D eigenvalue weighted by atomic mass is 10.0. The van der Waals surface area contributed by atoms with Crippen LogP contribution in [0.15, 0.2) is 48.8 Å². The van der Waals surface area contributed by atoms with Crippen molar-refractivity contribution in [1.82, 2.24) is 24.8 Å². The first-order valence-corrected chi connectivity index (χ1v) is 14.4. The number of ether oxygens (including phenoxy) is 2. The zero-order chi connectivity index (χ0) is 29.8. The molecule has 3 saturated heterocycles. The van der Waals surface area contributed by atoms with Crippen molar-refractivity contribution in [2.45, 2.75) is 32.2 Å². The second-order valence-electron chi connectivity index (χ2n) is 10.8. The summed E-state index contributed by atoms with van der Waals surface area (Å²) in [6, 6.07) is 15.7. The molecule has 1 aromatic heterocycles. The van der Waals surface area contributed by atoms with E-state index in [1.54, 1.807) is 18.2 Å². The second-order valence-corrected chi connectivity index (χ2v) is 10.8. The number of hydrogen-bond acceptors (Lipinski definition) is 11. The number of anilines is 3. The minimum Gasteiger partial charge on any atom is -0.486 e. The number of aromatic nitrogens is 3. The van der Waals surface area contributed by atoms with Crippen LogP contribution in [0.25, 0.3) is 11.4 Å². The number of benzene rings is 2. The lowest BCUT2D eigenvalue weighted by Crippen LogP contribution is -2.56. The summed E-state index contributed by atoms with van der Waals surface area (Å²) in [7, 11) is 0. The second kappa shape index (κ2) is 13.9. The zero-order valence-electron chi connectivity index (χ0n) is 23.6. The highest BCUT2D eigenvalue weighted by Crippen LogP contribution is 2.29. The van der Waals surface area contributed by atoms with Gasteiger partial charge in [-0.1, -0.05) is 7.43 Å². The fourth-order valence-corrected chi connectivity index (χ4v) is 5.52. The number of likely N-dealkylation sites (tertiary alicyclic amines) is 1. The van der Waals surface area contributed by atoms with Gasteiger partial charge in [-0.3, -0.25) is 9.69 Å². The third-order valence-electron chi connectivity index (χ3n) is 8.12. The predicted molar refractivity (Wildman–Crippen MR) is 162 cm³/mol. The Morgan fingerprint density at radius 3 is 2.55 bits per heavy atom. The van der Waals surface area contributed by atoms with Gasteiger partial charge in [0.1, 0.15) is 30.9 Å². The van der Waals surface area contributed by atoms with Crippen molar-refractivity contribution in [1.29, 1.82) is 5.26 Å². The first kappa shape index (κ1) is 31.1. The van der Waals surface area contributed by atoms with Gasteiger partial charge >= 0.3 is 0 Å². The molecule has 0 saturated carbocycles. The van der Waals surface area contributed by atoms with Crippen LogP contribution in [0.4, 0.5) is 21.7 Å². The predicted octanol–water partition coefficient (Wildman–Crippen LogP) is 2.62. The molecule has 2 N–H and O–H groups in total. The van der Waals surface area contributed by atoms with Gasteiger partial charge in [0.15, 0.2) is 12.0 Å². The summed E-state index contributed by atoms with van der Waals surface area (Å²) >= 11 is 0. The zero-order valence-corrected chi connectivity index (χ0v) is 23.6. The lowest BCUT2D eigenvalue weighted by molar-refractivity contribution is -0.138. The third kappa shape index (κ3) is 6.88. The minimum atomic E-state index is -1.44. The molecule has 3 aliphatic rings. The van der Waals surface area contributed by atoms with Crippen LogP contribution in [0, 0.1) is 11.3 Å². The van der Waals surface area contributed by atoms with Crippen LogP contribution in [-0.4, -0.2) is 113 Å². The molecule has 232 valence electrons. The van der Waals surface area contributed by atoms with Crippen molar-refractivity contribution in [2.75, 3.05) is 69.3 Å². The van der Waals surface area contributed by atoms with Crippen molar-refractivity contribution in [3.8, 4) is 23.2 Å². The number of hydrogen-bond donors (Lipinski definition) is 2. The van der Waals surface area contributed by atoms with E-state index in [-0.39, 0.29) is 38.2 Å². The maximum absolute atomic E-state index is 14.7. The number of rotatable bonds is 8. The summed E-state index contributed by atoms with van der Waals surface area (Å²) in [4.78, 5) is 30.9. The van der Waals surface area contributed by atoms with Crippen LogP contribution in [0.2, 0.25) is 0 Å². The molecule has 3 aromatic rings. The van der Waals surface area contributed by atoms with Crippen molar-refractivity contribution in [3.05, 3.63) is 54.4 Å². The number of alkyl halides is 1. The largest absolute Gasteiger partial charge is 0.486 e. The number of aliphatic hydroxyl groups is 1. The summed E-state index contributed by atoms with van der Waals surface area (Å²) < 4.78 is 25.9. The Hall–Kier alpha value is -4.38. The fourth-order valence-electron chi connectivity index (χ4n) is 5.52. The Morgan fingerprint density at radius 1 is 1.11 bits per heavy atom. The maximum Gasteiger partial charge on any atom is 0.248 e. The van der Waals surface area contributed by atoms with Crippen molar-refractivity contribution in [2.24, 2.45) is 0 Å². The Labute approximate surface area is 256 Å². The molecule has 3 fully saturated rings. The lowest BCUT2D eigenvalue weighted by Gasteiger charge is -2.43. The van der Waals surface area contributed by atoms with Gasteiger partial charge in [0.05, 0.1) is 31.4 Å². The van der Waals surface area contributed by atoms with Gasteiger partial charge in [0, 0.05) is 56.1 Å². The Morgan fingerprint density at radius 2 is 1.89 bits per heavy atom. The molecule has 44 heavy (non-hydrogen) atoms. The molecule has 13 heteroatoms. The number of amides is 1. The van der Waals surface area contributed by atoms with Gasteiger partial charge in [0.2, 0.25) is 11.9 Å². The molecule has 0 spiro atoms. The average molecular weight is 605 g/mol. The molecule has 2 atom stereocenters. The highest BCUT2D eigenvalue weighted by atomic mass is 19.1. The van der Waals surface area contributed by atoms with Gasteiger partial charge < -0.3 is 29.7 Å². The smallest absolute Gasteiger partial charge is 0.248 e. The SMILES string of the molecule is C.N#Cc1cc(-c2ncnc(Nc3ccc(N4CCN(C5COC5)CC4)cc3)n2)ccc1O[C@@H]1CCN(C(=O)CO)C[C@H]1F. The average Bonchev–Trinajstić information content (AvgIpc) is 3.02. The van der Waals surface area contributed by atoms with Gasteiger partial charge in [-0.25, -0.2) is 14.4 Å². The van der Waals surface area contributed by atoms with Crippen molar-refractivity contribution >= 4 is 23.2 Å². The summed E-state index contributed by atoms with van der Waals surface area (Å²) in [5, 5.41) is 22.0. The number of aliphatic hydroxyl groups excluding tert-OH is 1. The topological polar surface area (TPSA) is 140 Å². The molecule has 0 radical (unpaired) electrons. The first-order chi connectivity index (χ1) is 21.0. The van der Waals surface area contributed by atoms with Crippen molar-refractivity contribution in [3.63, 3.8) is 0 Å². The van der Waals surface area contributed by atoms with Crippen LogP contribution < -0.4 is 15.0 Å². The van der Waals surface area contributed by atoms with E-state index in [0.29, 0.717) is 23.4 Å². The van der Waals surface area contributed by atoms with Crippen LogP contribution in [-0.2, 0) is 9.53 Å². The number of nitriles is 1. The number of halogens is 1. The summed E-state index contributed by atoms with van der Waals surface area (Å²) in [5.74, 6) is 0.450. The standard InChI is InChI=1S/C30H33FN8O4.CH4/c31-25-15-39(28(41)16-40)8-7-27(25)43-26-6-1-20(13-21(26)14-32)29-33-19-34-30(36-29)35-22-2-4-23(5-3-22)37-9-11-38(12-10-37)24-17-42-18-24;/h1-6,13,19,24-25,27,40H,7-12,15-18H2,(H,33,34,35,36);1H4/t25-,27-;/m1./s1. The summed E-state index contributed by atoms with van der Waals surface area (Å²) in [6.45, 7) is 5.16. The van der Waals surface area contributed by atoms with Gasteiger partial charge in [-0.2, -0.15) is 10.2 Å². The van der Waals surface area contributed by atoms with Gasteiger partial charge in [0.25, 0.3) is 0 Å². The molecule has 0 unspecified atom stereocenters. The van der Waals surface area contributed by atoms with Crippen LogP contribution >= 0.6 is 0 Å². The molecule has 12 nitrogen and oxygen atoms in total. The van der Waals surface area contributed by atoms with Crippen LogP contribution in [0.5, 0.6) is 5.75 Å². The van der Waals surface area contributed by atoms with Gasteiger partial charge in [-0.15, -0.1) is 0 Å². The maximum atomic E-state index is 14.7. The van der Waals surface area contributed by atoms with Crippen LogP contribution in [0.3, 0.4) is 0 Å². The molecular formula is C31H37FN8O4. The number of piperidine rings is 1. The molecule has 6 rings (SSSR count).